The number of hydrogen-bond acceptors (Lipinski definition) is 4. The van der Waals surface area contributed by atoms with E-state index in [0.29, 0.717) is 41.1 Å². The number of rotatable bonds is 7. The van der Waals surface area contributed by atoms with Gasteiger partial charge in [0.15, 0.2) is 11.5 Å². The highest BCUT2D eigenvalue weighted by Gasteiger charge is 2.32. The monoisotopic (exact) mass is 494 g/mol. The number of hydrogen-bond donors (Lipinski definition) is 1. The molecule has 0 bridgehead atoms. The molecular weight excluding hydrogens is 472 g/mol. The van der Waals surface area contributed by atoms with Gasteiger partial charge < -0.3 is 14.8 Å². The first kappa shape index (κ1) is 21.9. The largest absolute Gasteiger partial charge is 0.493 e. The van der Waals surface area contributed by atoms with E-state index in [-0.39, 0.29) is 11.6 Å². The van der Waals surface area contributed by atoms with Gasteiger partial charge in [-0.25, -0.2) is 4.79 Å². The van der Waals surface area contributed by atoms with Crippen LogP contribution in [-0.2, 0) is 11.4 Å². The maximum Gasteiger partial charge on any atom is 0.329 e. The first-order chi connectivity index (χ1) is 15.5. The summed E-state index contributed by atoms with van der Waals surface area (Å²) in [6.07, 6.45) is 2.34. The lowest BCUT2D eigenvalue weighted by Crippen LogP contribution is -2.31. The second-order valence-corrected chi connectivity index (χ2v) is 8.30. The van der Waals surface area contributed by atoms with Crippen molar-refractivity contribution in [3.8, 4) is 11.5 Å². The highest BCUT2D eigenvalue weighted by atomic mass is 79.9. The van der Waals surface area contributed by atoms with Gasteiger partial charge in [0, 0.05) is 6.54 Å². The molecule has 164 valence electrons. The van der Waals surface area contributed by atoms with Crippen LogP contribution in [0.3, 0.4) is 0 Å². The van der Waals surface area contributed by atoms with Crippen LogP contribution in [-0.4, -0.2) is 30.5 Å². The van der Waals surface area contributed by atoms with Crippen LogP contribution in [0.4, 0.5) is 4.79 Å². The molecule has 0 aliphatic carbocycles. The Labute approximate surface area is 194 Å². The van der Waals surface area contributed by atoms with E-state index in [9.17, 15) is 9.59 Å². The number of nitrogens with zero attached hydrogens (tertiary/aromatic N) is 1. The molecule has 0 unspecified atom stereocenters. The molecule has 1 aliphatic heterocycles. The van der Waals surface area contributed by atoms with Crippen molar-refractivity contribution >= 4 is 44.7 Å². The zero-order valence-corrected chi connectivity index (χ0v) is 19.4. The van der Waals surface area contributed by atoms with E-state index in [1.165, 1.54) is 10.3 Å². The fraction of sp³-hybridized carbons (Fsp3) is 0.200. The maximum atomic E-state index is 12.5. The minimum absolute atomic E-state index is 0.238. The molecule has 7 heteroatoms. The molecule has 3 aromatic carbocycles. The van der Waals surface area contributed by atoms with E-state index in [1.807, 2.05) is 31.2 Å². The van der Waals surface area contributed by atoms with E-state index >= 15 is 0 Å². The first-order valence-electron chi connectivity index (χ1n) is 10.3. The molecular formula is C25H23BrN2O4. The first-order valence-corrected chi connectivity index (χ1v) is 11.1. The standard InChI is InChI=1S/C25H23BrN2O4/c1-3-10-28-24(29)21(27-25(28)30)13-17-12-20(26)23(22(14-17)31-2)32-15-16-8-9-18-6-4-5-7-19(18)11-16/h4-9,11-14H,3,10,15H2,1-2H3,(H,27,30)/b21-13+. The predicted molar refractivity (Wildman–Crippen MR) is 127 cm³/mol. The lowest BCUT2D eigenvalue weighted by Gasteiger charge is -2.14. The van der Waals surface area contributed by atoms with Gasteiger partial charge in [0.1, 0.15) is 12.3 Å². The van der Waals surface area contributed by atoms with Gasteiger partial charge in [-0.15, -0.1) is 0 Å². The molecule has 0 saturated carbocycles. The van der Waals surface area contributed by atoms with Gasteiger partial charge in [0.05, 0.1) is 11.6 Å². The van der Waals surface area contributed by atoms with E-state index in [1.54, 1.807) is 19.3 Å². The number of methoxy groups -OCH3 is 1. The number of benzene rings is 3. The average molecular weight is 495 g/mol. The number of amides is 3. The van der Waals surface area contributed by atoms with Gasteiger partial charge in [0.2, 0.25) is 0 Å². The zero-order valence-electron chi connectivity index (χ0n) is 17.9. The Kier molecular flexibility index (Phi) is 6.46. The topological polar surface area (TPSA) is 67.9 Å². The van der Waals surface area contributed by atoms with Crippen molar-refractivity contribution in [2.75, 3.05) is 13.7 Å². The molecule has 1 saturated heterocycles. The third-order valence-electron chi connectivity index (χ3n) is 5.17. The van der Waals surface area contributed by atoms with Gasteiger partial charge in [-0.1, -0.05) is 43.3 Å². The molecule has 3 amide bonds. The average Bonchev–Trinajstić information content (AvgIpc) is 3.05. The second kappa shape index (κ2) is 9.44. The number of imide groups is 1. The normalized spacial score (nSPS) is 14.8. The number of nitrogens with one attached hydrogen (secondary N) is 1. The third kappa shape index (κ3) is 4.48. The maximum absolute atomic E-state index is 12.5. The van der Waals surface area contributed by atoms with Crippen molar-refractivity contribution in [2.45, 2.75) is 20.0 Å². The SMILES string of the molecule is CCCN1C(=O)N/C(=C/c2cc(Br)c(OCc3ccc4ccccc4c3)c(OC)c2)C1=O. The Bertz CT molecular complexity index is 1220. The zero-order chi connectivity index (χ0) is 22.7. The lowest BCUT2D eigenvalue weighted by molar-refractivity contribution is -0.122. The van der Waals surface area contributed by atoms with Crippen molar-refractivity contribution in [1.82, 2.24) is 10.2 Å². The molecule has 0 spiro atoms. The molecule has 1 fully saturated rings. The second-order valence-electron chi connectivity index (χ2n) is 7.45. The highest BCUT2D eigenvalue weighted by molar-refractivity contribution is 9.10. The smallest absolute Gasteiger partial charge is 0.329 e. The van der Waals surface area contributed by atoms with Crippen molar-refractivity contribution in [1.29, 1.82) is 0 Å². The quantitative estimate of drug-likeness (QED) is 0.348. The Hall–Kier alpha value is -3.32. The summed E-state index contributed by atoms with van der Waals surface area (Å²) in [6, 6.07) is 17.6. The number of carbonyl (C=O) groups is 2. The number of fused-ring (bicyclic) bond motifs is 1. The molecule has 32 heavy (non-hydrogen) atoms. The van der Waals surface area contributed by atoms with E-state index in [0.717, 1.165) is 10.9 Å². The van der Waals surface area contributed by atoms with Crippen molar-refractivity contribution in [3.63, 3.8) is 0 Å². The van der Waals surface area contributed by atoms with Gasteiger partial charge in [0.25, 0.3) is 5.91 Å². The Balaban J connectivity index is 1.55. The number of carbonyl (C=O) groups excluding carboxylic acids is 2. The number of urea groups is 1. The predicted octanol–water partition coefficient (Wildman–Crippen LogP) is 5.49. The number of ether oxygens (including phenoxy) is 2. The van der Waals surface area contributed by atoms with Gasteiger partial charge in [-0.05, 0) is 68.5 Å². The van der Waals surface area contributed by atoms with Crippen LogP contribution in [0.25, 0.3) is 16.8 Å². The van der Waals surface area contributed by atoms with Crippen LogP contribution in [0.5, 0.6) is 11.5 Å². The molecule has 1 aliphatic rings. The summed E-state index contributed by atoms with van der Waals surface area (Å²) >= 11 is 3.55. The Morgan fingerprint density at radius 2 is 1.84 bits per heavy atom. The summed E-state index contributed by atoms with van der Waals surface area (Å²) in [4.78, 5) is 25.7. The molecule has 6 nitrogen and oxygen atoms in total. The molecule has 0 aromatic heterocycles. The fourth-order valence-electron chi connectivity index (χ4n) is 3.61. The van der Waals surface area contributed by atoms with Crippen LogP contribution in [0.15, 0.2) is 64.8 Å². The van der Waals surface area contributed by atoms with E-state index < -0.39 is 6.03 Å². The summed E-state index contributed by atoms with van der Waals surface area (Å²) in [5.41, 5.74) is 1.98. The fourth-order valence-corrected chi connectivity index (χ4v) is 4.19. The van der Waals surface area contributed by atoms with Crippen molar-refractivity contribution < 1.29 is 19.1 Å². The highest BCUT2D eigenvalue weighted by Crippen LogP contribution is 2.38. The minimum Gasteiger partial charge on any atom is -0.493 e. The summed E-state index contributed by atoms with van der Waals surface area (Å²) < 4.78 is 12.3. The van der Waals surface area contributed by atoms with E-state index in [2.05, 4.69) is 45.5 Å². The molecule has 0 atom stereocenters. The third-order valence-corrected chi connectivity index (χ3v) is 5.76. The summed E-state index contributed by atoms with van der Waals surface area (Å²) in [6.45, 7) is 2.68. The van der Waals surface area contributed by atoms with Gasteiger partial charge in [-0.2, -0.15) is 0 Å². The van der Waals surface area contributed by atoms with Crippen LogP contribution in [0.2, 0.25) is 0 Å². The van der Waals surface area contributed by atoms with Crippen molar-refractivity contribution in [2.24, 2.45) is 0 Å². The van der Waals surface area contributed by atoms with Crippen LogP contribution >= 0.6 is 15.9 Å². The molecule has 3 aromatic rings. The number of halogens is 1. The van der Waals surface area contributed by atoms with Gasteiger partial charge >= 0.3 is 6.03 Å². The lowest BCUT2D eigenvalue weighted by atomic mass is 10.1. The molecule has 1 N–H and O–H groups in total. The summed E-state index contributed by atoms with van der Waals surface area (Å²) in [5, 5.41) is 4.96. The summed E-state index contributed by atoms with van der Waals surface area (Å²) in [5.74, 6) is 0.759. The molecule has 0 radical (unpaired) electrons. The Morgan fingerprint density at radius 3 is 2.59 bits per heavy atom. The van der Waals surface area contributed by atoms with Crippen LogP contribution < -0.4 is 14.8 Å². The van der Waals surface area contributed by atoms with Gasteiger partial charge in [-0.3, -0.25) is 9.69 Å². The van der Waals surface area contributed by atoms with Crippen LogP contribution in [0.1, 0.15) is 24.5 Å². The summed E-state index contributed by atoms with van der Waals surface area (Å²) in [7, 11) is 1.56. The Morgan fingerprint density at radius 1 is 1.06 bits per heavy atom. The van der Waals surface area contributed by atoms with Crippen LogP contribution in [0, 0.1) is 0 Å². The molecule has 4 rings (SSSR count). The van der Waals surface area contributed by atoms with E-state index in [4.69, 9.17) is 9.47 Å². The minimum atomic E-state index is -0.399. The molecule has 1 heterocycles. The van der Waals surface area contributed by atoms with Crippen molar-refractivity contribution in [3.05, 3.63) is 75.9 Å².